The Bertz CT molecular complexity index is 393. The molecule has 2 aliphatic heterocycles. The summed E-state index contributed by atoms with van der Waals surface area (Å²) in [6.07, 6.45) is 1.60. The number of rotatable bonds is 2. The summed E-state index contributed by atoms with van der Waals surface area (Å²) in [5.74, 6) is -0.296. The minimum atomic E-state index is -0.296. The van der Waals surface area contributed by atoms with Crippen molar-refractivity contribution in [2.45, 2.75) is 39.2 Å². The highest BCUT2D eigenvalue weighted by molar-refractivity contribution is 6.44. The van der Waals surface area contributed by atoms with Crippen LogP contribution in [0.25, 0.3) is 0 Å². The SMILES string of the molecule is CCOC(=O)C1=NCC2=C1CC(C)(C)OCC2. The molecule has 2 rings (SSSR count). The first kappa shape index (κ1) is 12.3. The molecule has 94 valence electrons. The molecule has 0 bridgehead atoms. The second kappa shape index (κ2) is 4.61. The molecule has 0 saturated heterocycles. The molecule has 0 N–H and O–H groups in total. The average molecular weight is 237 g/mol. The Labute approximate surface area is 102 Å². The third kappa shape index (κ3) is 2.57. The maximum atomic E-state index is 11.8. The van der Waals surface area contributed by atoms with Crippen molar-refractivity contribution < 1.29 is 14.3 Å². The molecule has 2 heterocycles. The molecule has 0 aromatic rings. The zero-order valence-corrected chi connectivity index (χ0v) is 10.7. The van der Waals surface area contributed by atoms with Crippen LogP contribution in [0.4, 0.5) is 0 Å². The van der Waals surface area contributed by atoms with Crippen molar-refractivity contribution in [3.05, 3.63) is 11.1 Å². The number of hydrogen-bond acceptors (Lipinski definition) is 4. The molecule has 0 atom stereocenters. The molecule has 2 aliphatic rings. The molecule has 17 heavy (non-hydrogen) atoms. The summed E-state index contributed by atoms with van der Waals surface area (Å²) in [7, 11) is 0. The van der Waals surface area contributed by atoms with Gasteiger partial charge in [0.2, 0.25) is 0 Å². The van der Waals surface area contributed by atoms with Crippen LogP contribution >= 0.6 is 0 Å². The fraction of sp³-hybridized carbons (Fsp3) is 0.692. The first-order valence-corrected chi connectivity index (χ1v) is 6.10. The molecule has 0 saturated carbocycles. The van der Waals surface area contributed by atoms with Crippen LogP contribution in [0, 0.1) is 0 Å². The Morgan fingerprint density at radius 1 is 1.53 bits per heavy atom. The van der Waals surface area contributed by atoms with E-state index in [9.17, 15) is 4.79 Å². The Morgan fingerprint density at radius 3 is 3.00 bits per heavy atom. The lowest BCUT2D eigenvalue weighted by atomic mass is 9.93. The van der Waals surface area contributed by atoms with Crippen molar-refractivity contribution in [3.8, 4) is 0 Å². The lowest BCUT2D eigenvalue weighted by molar-refractivity contribution is -0.134. The number of carbonyl (C=O) groups excluding carboxylic acids is 1. The molecule has 0 unspecified atom stereocenters. The van der Waals surface area contributed by atoms with Crippen LogP contribution in [0.5, 0.6) is 0 Å². The summed E-state index contributed by atoms with van der Waals surface area (Å²) < 4.78 is 10.8. The van der Waals surface area contributed by atoms with Gasteiger partial charge in [0, 0.05) is 6.42 Å². The van der Waals surface area contributed by atoms with Crippen LogP contribution in [-0.2, 0) is 14.3 Å². The van der Waals surface area contributed by atoms with Gasteiger partial charge in [-0.05, 0) is 38.3 Å². The van der Waals surface area contributed by atoms with E-state index in [4.69, 9.17) is 9.47 Å². The van der Waals surface area contributed by atoms with Gasteiger partial charge in [-0.3, -0.25) is 4.99 Å². The Kier molecular flexibility index (Phi) is 3.33. The number of hydrogen-bond donors (Lipinski definition) is 0. The molecular formula is C13H19NO3. The van der Waals surface area contributed by atoms with Gasteiger partial charge in [0.25, 0.3) is 0 Å². The minimum absolute atomic E-state index is 0.227. The van der Waals surface area contributed by atoms with Gasteiger partial charge in [0.1, 0.15) is 5.71 Å². The zero-order valence-electron chi connectivity index (χ0n) is 10.7. The van der Waals surface area contributed by atoms with E-state index in [0.717, 1.165) is 18.4 Å². The topological polar surface area (TPSA) is 47.9 Å². The zero-order chi connectivity index (χ0) is 12.5. The van der Waals surface area contributed by atoms with Crippen LogP contribution in [-0.4, -0.2) is 37.0 Å². The lowest BCUT2D eigenvalue weighted by Crippen LogP contribution is -2.27. The molecule has 0 aromatic carbocycles. The van der Waals surface area contributed by atoms with Gasteiger partial charge in [-0.15, -0.1) is 0 Å². The third-order valence-corrected chi connectivity index (χ3v) is 3.11. The molecule has 0 aliphatic carbocycles. The smallest absolute Gasteiger partial charge is 0.356 e. The molecule has 0 aromatic heterocycles. The largest absolute Gasteiger partial charge is 0.461 e. The summed E-state index contributed by atoms with van der Waals surface area (Å²) in [6.45, 7) is 7.62. The van der Waals surface area contributed by atoms with Crippen LogP contribution in [0.2, 0.25) is 0 Å². The van der Waals surface area contributed by atoms with Crippen molar-refractivity contribution in [1.29, 1.82) is 0 Å². The summed E-state index contributed by atoms with van der Waals surface area (Å²) in [6, 6.07) is 0. The quantitative estimate of drug-likeness (QED) is 0.689. The number of aliphatic imine (C=N–C) groups is 1. The maximum absolute atomic E-state index is 11.8. The van der Waals surface area contributed by atoms with Crippen molar-refractivity contribution in [1.82, 2.24) is 0 Å². The molecule has 0 radical (unpaired) electrons. The summed E-state index contributed by atoms with van der Waals surface area (Å²) in [5.41, 5.74) is 2.57. The predicted octanol–water partition coefficient (Wildman–Crippen LogP) is 1.89. The van der Waals surface area contributed by atoms with Gasteiger partial charge in [-0.2, -0.15) is 0 Å². The second-order valence-corrected chi connectivity index (χ2v) is 5.00. The van der Waals surface area contributed by atoms with Crippen molar-refractivity contribution in [3.63, 3.8) is 0 Å². The molecule has 0 fully saturated rings. The fourth-order valence-corrected chi connectivity index (χ4v) is 2.29. The van der Waals surface area contributed by atoms with E-state index < -0.39 is 0 Å². The molecular weight excluding hydrogens is 218 g/mol. The number of ether oxygens (including phenoxy) is 2. The van der Waals surface area contributed by atoms with Gasteiger partial charge < -0.3 is 9.47 Å². The molecule has 4 heteroatoms. The highest BCUT2D eigenvalue weighted by Crippen LogP contribution is 2.32. The van der Waals surface area contributed by atoms with E-state index in [1.807, 2.05) is 20.8 Å². The second-order valence-electron chi connectivity index (χ2n) is 5.00. The van der Waals surface area contributed by atoms with E-state index >= 15 is 0 Å². The van der Waals surface area contributed by atoms with Crippen LogP contribution < -0.4 is 0 Å². The highest BCUT2D eigenvalue weighted by atomic mass is 16.5. The summed E-state index contributed by atoms with van der Waals surface area (Å²) >= 11 is 0. The summed E-state index contributed by atoms with van der Waals surface area (Å²) in [5, 5.41) is 0. The lowest BCUT2D eigenvalue weighted by Gasteiger charge is -2.24. The van der Waals surface area contributed by atoms with Gasteiger partial charge >= 0.3 is 5.97 Å². The molecule has 0 spiro atoms. The standard InChI is InChI=1S/C13H19NO3/c1-4-16-12(15)11-10-7-13(2,3)17-6-5-9(10)8-14-11/h4-8H2,1-3H3. The molecule has 4 nitrogen and oxygen atoms in total. The first-order chi connectivity index (χ1) is 8.03. The van der Waals surface area contributed by atoms with Crippen molar-refractivity contribution in [2.24, 2.45) is 4.99 Å². The highest BCUT2D eigenvalue weighted by Gasteiger charge is 2.33. The average Bonchev–Trinajstić information content (AvgIpc) is 2.54. The minimum Gasteiger partial charge on any atom is -0.461 e. The Balaban J connectivity index is 2.22. The summed E-state index contributed by atoms with van der Waals surface area (Å²) in [4.78, 5) is 16.1. The van der Waals surface area contributed by atoms with E-state index in [-0.39, 0.29) is 11.6 Å². The normalized spacial score (nSPS) is 22.9. The van der Waals surface area contributed by atoms with Crippen molar-refractivity contribution >= 4 is 11.7 Å². The number of carbonyl (C=O) groups is 1. The number of esters is 1. The van der Waals surface area contributed by atoms with Crippen LogP contribution in [0.3, 0.4) is 0 Å². The van der Waals surface area contributed by atoms with Crippen molar-refractivity contribution in [2.75, 3.05) is 19.8 Å². The van der Waals surface area contributed by atoms with E-state index in [0.29, 0.717) is 25.5 Å². The van der Waals surface area contributed by atoms with Crippen LogP contribution in [0.1, 0.15) is 33.6 Å². The van der Waals surface area contributed by atoms with Crippen LogP contribution in [0.15, 0.2) is 16.1 Å². The fourth-order valence-electron chi connectivity index (χ4n) is 2.29. The van der Waals surface area contributed by atoms with Gasteiger partial charge in [0.05, 0.1) is 25.4 Å². The van der Waals surface area contributed by atoms with Gasteiger partial charge in [-0.1, -0.05) is 0 Å². The monoisotopic (exact) mass is 237 g/mol. The Hall–Kier alpha value is -1.16. The predicted molar refractivity (Wildman–Crippen MR) is 65.2 cm³/mol. The molecule has 0 amide bonds. The van der Waals surface area contributed by atoms with Gasteiger partial charge in [-0.25, -0.2) is 4.79 Å². The Morgan fingerprint density at radius 2 is 2.29 bits per heavy atom. The van der Waals surface area contributed by atoms with E-state index in [2.05, 4.69) is 4.99 Å². The van der Waals surface area contributed by atoms with E-state index in [1.54, 1.807) is 0 Å². The van der Waals surface area contributed by atoms with Gasteiger partial charge in [0.15, 0.2) is 0 Å². The third-order valence-electron chi connectivity index (χ3n) is 3.11. The number of nitrogens with zero attached hydrogens (tertiary/aromatic N) is 1. The first-order valence-electron chi connectivity index (χ1n) is 6.10. The van der Waals surface area contributed by atoms with E-state index in [1.165, 1.54) is 5.57 Å². The maximum Gasteiger partial charge on any atom is 0.356 e.